The maximum Gasteiger partial charge on any atom is 0.226 e. The molecule has 2 unspecified atom stereocenters. The van der Waals surface area contributed by atoms with Crippen molar-refractivity contribution in [2.75, 3.05) is 33.3 Å². The molecule has 0 saturated carbocycles. The van der Waals surface area contributed by atoms with Crippen LogP contribution in [0.1, 0.15) is 36.2 Å². The van der Waals surface area contributed by atoms with Crippen LogP contribution >= 0.6 is 0 Å². The number of hydrogen-bond donors (Lipinski definition) is 2. The number of ether oxygens (including phenoxy) is 1. The predicted molar refractivity (Wildman–Crippen MR) is 102 cm³/mol. The Kier molecular flexibility index (Phi) is 5.71. The Morgan fingerprint density at radius 3 is 2.67 bits per heavy atom. The molecule has 0 amide bonds. The number of methoxy groups -OCH3 is 1. The van der Waals surface area contributed by atoms with Gasteiger partial charge in [-0.1, -0.05) is 17.3 Å². The number of likely N-dealkylation sites (tertiary alicyclic amines) is 1. The lowest BCUT2D eigenvalue weighted by molar-refractivity contribution is 0.153. The summed E-state index contributed by atoms with van der Waals surface area (Å²) < 4.78 is 10.6. The summed E-state index contributed by atoms with van der Waals surface area (Å²) >= 11 is 0. The summed E-state index contributed by atoms with van der Waals surface area (Å²) in [7, 11) is 1.70. The Balaban J connectivity index is 1.28. The van der Waals surface area contributed by atoms with Gasteiger partial charge in [-0.2, -0.15) is 4.98 Å². The maximum absolute atomic E-state index is 5.28. The number of piperidine rings is 1. The molecule has 7 heteroatoms. The van der Waals surface area contributed by atoms with Crippen LogP contribution in [-0.2, 0) is 6.42 Å². The minimum absolute atomic E-state index is 0.343. The second kappa shape index (κ2) is 8.37. The molecule has 3 heterocycles. The zero-order valence-corrected chi connectivity index (χ0v) is 16.1. The van der Waals surface area contributed by atoms with E-state index < -0.39 is 0 Å². The monoisotopic (exact) mass is 371 g/mol. The molecule has 2 aliphatic heterocycles. The molecular weight excluding hydrogens is 342 g/mol. The van der Waals surface area contributed by atoms with E-state index in [1.54, 1.807) is 7.11 Å². The highest BCUT2D eigenvalue weighted by atomic mass is 16.5. The lowest BCUT2D eigenvalue weighted by Gasteiger charge is -2.34. The highest BCUT2D eigenvalue weighted by molar-refractivity contribution is 5.30. The first-order valence-electron chi connectivity index (χ1n) is 9.85. The average Bonchev–Trinajstić information content (AvgIpc) is 3.32. The third-order valence-electron chi connectivity index (χ3n) is 5.80. The number of rotatable bonds is 6. The summed E-state index contributed by atoms with van der Waals surface area (Å²) in [6.07, 6.45) is 3.31. The summed E-state index contributed by atoms with van der Waals surface area (Å²) in [6.45, 7) is 6.27. The first-order valence-corrected chi connectivity index (χ1v) is 9.85. The second-order valence-corrected chi connectivity index (χ2v) is 7.72. The van der Waals surface area contributed by atoms with Gasteiger partial charge in [0.15, 0.2) is 5.82 Å². The predicted octanol–water partition coefficient (Wildman–Crippen LogP) is 2.11. The van der Waals surface area contributed by atoms with Crippen LogP contribution in [0.5, 0.6) is 5.75 Å². The molecule has 0 radical (unpaired) electrons. The first-order chi connectivity index (χ1) is 13.2. The molecule has 7 nitrogen and oxygen atoms in total. The van der Waals surface area contributed by atoms with Gasteiger partial charge in [0.2, 0.25) is 5.89 Å². The third kappa shape index (κ3) is 4.48. The lowest BCUT2D eigenvalue weighted by Crippen LogP contribution is -2.39. The van der Waals surface area contributed by atoms with Gasteiger partial charge in [0, 0.05) is 25.4 Å². The molecule has 27 heavy (non-hydrogen) atoms. The molecule has 1 aromatic heterocycles. The summed E-state index contributed by atoms with van der Waals surface area (Å²) in [5.74, 6) is 3.63. The van der Waals surface area contributed by atoms with Crippen molar-refractivity contribution >= 4 is 0 Å². The smallest absolute Gasteiger partial charge is 0.226 e. The van der Waals surface area contributed by atoms with Crippen molar-refractivity contribution < 1.29 is 9.26 Å². The van der Waals surface area contributed by atoms with Crippen LogP contribution < -0.4 is 15.6 Å². The van der Waals surface area contributed by atoms with Gasteiger partial charge in [-0.15, -0.1) is 0 Å². The average molecular weight is 371 g/mol. The standard InChI is InChI=1S/C20H29N5O2/c1-14-22-19(27-24-14)11-15-7-9-25(10-8-15)13-17-12-21-23-20(17)16-3-5-18(26-2)6-4-16/h3-6,15,17,20-21,23H,7-13H2,1-2H3. The van der Waals surface area contributed by atoms with Gasteiger partial charge in [0.25, 0.3) is 0 Å². The number of aromatic nitrogens is 2. The van der Waals surface area contributed by atoms with E-state index in [2.05, 4.69) is 38.0 Å². The minimum Gasteiger partial charge on any atom is -0.497 e. The van der Waals surface area contributed by atoms with Crippen molar-refractivity contribution in [1.29, 1.82) is 0 Å². The van der Waals surface area contributed by atoms with E-state index in [1.807, 2.05) is 19.1 Å². The van der Waals surface area contributed by atoms with Crippen LogP contribution in [0.15, 0.2) is 28.8 Å². The zero-order valence-electron chi connectivity index (χ0n) is 16.1. The van der Waals surface area contributed by atoms with Crippen molar-refractivity contribution in [3.8, 4) is 5.75 Å². The Morgan fingerprint density at radius 2 is 2.00 bits per heavy atom. The fourth-order valence-corrected chi connectivity index (χ4v) is 4.25. The second-order valence-electron chi connectivity index (χ2n) is 7.72. The van der Waals surface area contributed by atoms with Gasteiger partial charge in [-0.25, -0.2) is 5.43 Å². The molecule has 2 aliphatic rings. The van der Waals surface area contributed by atoms with E-state index in [0.717, 1.165) is 50.1 Å². The topological polar surface area (TPSA) is 75.5 Å². The molecule has 0 spiro atoms. The number of benzene rings is 1. The van der Waals surface area contributed by atoms with Crippen LogP contribution in [0.3, 0.4) is 0 Å². The summed E-state index contributed by atoms with van der Waals surface area (Å²) in [5, 5.41) is 3.90. The van der Waals surface area contributed by atoms with Crippen LogP contribution in [0.4, 0.5) is 0 Å². The molecule has 2 aromatic rings. The highest BCUT2D eigenvalue weighted by Gasteiger charge is 2.31. The van der Waals surface area contributed by atoms with Crippen molar-refractivity contribution in [2.24, 2.45) is 11.8 Å². The van der Waals surface area contributed by atoms with Gasteiger partial charge in [-0.3, -0.25) is 5.43 Å². The number of nitrogens with zero attached hydrogens (tertiary/aromatic N) is 3. The van der Waals surface area contributed by atoms with Gasteiger partial charge in [0.1, 0.15) is 5.75 Å². The maximum atomic E-state index is 5.28. The van der Waals surface area contributed by atoms with Gasteiger partial charge >= 0.3 is 0 Å². The molecule has 0 aliphatic carbocycles. The first kappa shape index (κ1) is 18.4. The van der Waals surface area contributed by atoms with E-state index in [-0.39, 0.29) is 0 Å². The molecule has 1 aromatic carbocycles. The minimum atomic E-state index is 0.343. The Hall–Kier alpha value is -1.96. The summed E-state index contributed by atoms with van der Waals surface area (Å²) in [4.78, 5) is 6.95. The van der Waals surface area contributed by atoms with Crippen LogP contribution in [-0.4, -0.2) is 48.3 Å². The van der Waals surface area contributed by atoms with E-state index in [4.69, 9.17) is 9.26 Å². The van der Waals surface area contributed by atoms with Crippen molar-refractivity contribution in [2.45, 2.75) is 32.2 Å². The number of aryl methyl sites for hydroxylation is 1. The normalized spacial score (nSPS) is 24.4. The molecule has 2 atom stereocenters. The van der Waals surface area contributed by atoms with Crippen molar-refractivity contribution in [1.82, 2.24) is 25.9 Å². The zero-order chi connectivity index (χ0) is 18.6. The lowest BCUT2D eigenvalue weighted by atomic mass is 9.90. The van der Waals surface area contributed by atoms with Gasteiger partial charge in [0.05, 0.1) is 13.2 Å². The molecule has 146 valence electrons. The van der Waals surface area contributed by atoms with Crippen LogP contribution in [0, 0.1) is 18.8 Å². The number of hydrogen-bond acceptors (Lipinski definition) is 7. The Labute approximate surface area is 160 Å². The molecule has 4 rings (SSSR count). The van der Waals surface area contributed by atoms with Gasteiger partial charge in [-0.05, 0) is 56.5 Å². The molecule has 2 saturated heterocycles. The molecule has 2 fully saturated rings. The van der Waals surface area contributed by atoms with E-state index >= 15 is 0 Å². The number of hydrazine groups is 1. The number of nitrogens with one attached hydrogen (secondary N) is 2. The largest absolute Gasteiger partial charge is 0.497 e. The fraction of sp³-hybridized carbons (Fsp3) is 0.600. The van der Waals surface area contributed by atoms with Crippen LogP contribution in [0.25, 0.3) is 0 Å². The van der Waals surface area contributed by atoms with E-state index in [0.29, 0.717) is 17.9 Å². The van der Waals surface area contributed by atoms with E-state index in [1.165, 1.54) is 18.4 Å². The van der Waals surface area contributed by atoms with E-state index in [9.17, 15) is 0 Å². The summed E-state index contributed by atoms with van der Waals surface area (Å²) in [6, 6.07) is 8.74. The molecular formula is C20H29N5O2. The fourth-order valence-electron chi connectivity index (χ4n) is 4.25. The van der Waals surface area contributed by atoms with Crippen molar-refractivity contribution in [3.05, 3.63) is 41.5 Å². The molecule has 2 N–H and O–H groups in total. The van der Waals surface area contributed by atoms with Crippen LogP contribution in [0.2, 0.25) is 0 Å². The Morgan fingerprint density at radius 1 is 1.22 bits per heavy atom. The molecule has 0 bridgehead atoms. The SMILES string of the molecule is COc1ccc(C2NNCC2CN2CCC(Cc3nc(C)no3)CC2)cc1. The quantitative estimate of drug-likeness (QED) is 0.805. The Bertz CT molecular complexity index is 724. The third-order valence-corrected chi connectivity index (χ3v) is 5.80. The van der Waals surface area contributed by atoms with Gasteiger partial charge < -0.3 is 14.2 Å². The van der Waals surface area contributed by atoms with Crippen molar-refractivity contribution in [3.63, 3.8) is 0 Å². The highest BCUT2D eigenvalue weighted by Crippen LogP contribution is 2.29. The summed E-state index contributed by atoms with van der Waals surface area (Å²) in [5.41, 5.74) is 8.11.